The third-order valence-electron chi connectivity index (χ3n) is 13.0. The highest BCUT2D eigenvalue weighted by atomic mass is 35.5. The summed E-state index contributed by atoms with van der Waals surface area (Å²) < 4.78 is 14.5. The number of likely N-dealkylation sites (tertiary alicyclic amines) is 1. The third kappa shape index (κ3) is 9.68. The third-order valence-corrected chi connectivity index (χ3v) is 13.3. The van der Waals surface area contributed by atoms with E-state index < -0.39 is 0 Å². The number of imidazole rings is 2. The molecule has 2 aromatic carbocycles. The molecule has 0 saturated carbocycles. The van der Waals surface area contributed by atoms with Gasteiger partial charge in [-0.15, -0.1) is 11.6 Å². The number of fused-ring (bicyclic) bond motifs is 2. The number of ether oxygens (including phenoxy) is 2. The van der Waals surface area contributed by atoms with Crippen LogP contribution in [0.5, 0.6) is 0 Å². The highest BCUT2D eigenvalue weighted by Gasteiger charge is 2.34. The van der Waals surface area contributed by atoms with E-state index in [1.54, 1.807) is 21.4 Å². The molecule has 4 aliphatic heterocycles. The molecule has 4 aromatic heterocycles. The maximum Gasteiger partial charge on any atom is 0.276 e. The van der Waals surface area contributed by atoms with Gasteiger partial charge in [0.25, 0.3) is 11.1 Å². The monoisotopic (exact) mass is 850 g/mol. The Balaban J connectivity index is 0.000000144. The highest BCUT2D eigenvalue weighted by molar-refractivity contribution is 6.17. The molecule has 4 fully saturated rings. The molecule has 15 heteroatoms. The van der Waals surface area contributed by atoms with Crippen LogP contribution >= 0.6 is 11.6 Å². The van der Waals surface area contributed by atoms with Crippen molar-refractivity contribution in [1.82, 2.24) is 49.4 Å². The molecule has 4 saturated heterocycles. The summed E-state index contributed by atoms with van der Waals surface area (Å²) in [4.78, 5) is 42.6. The summed E-state index contributed by atoms with van der Waals surface area (Å²) in [5.74, 6) is 5.90. The largest absolute Gasteiger partial charge is 0.381 e. The standard InChI is InChI=1S/C23H29N5O2.C15H21N5O2.C8H9Cl/c1-15-5-3-4-6-18(15)13-27-12-16(2)19(14-27)21-25-23(29)20-11-24-22(28(20)26-21)17-7-9-30-10-8-17;1-9-6-16-7-11(9)13-18-15(21)12-8-17-14(20(12)19-13)10-2-4-22-5-3-10;1-7-4-2-3-5-8(7)6-9/h3-6,11,16-17,19H,7-10,12-14H2,1-2H3,(H,25,26,29);8-11,16H,2-7H2,1H3,(H,18,19,21);2-5H,6H2,1H3. The molecule has 10 rings (SSSR count). The molecule has 14 nitrogen and oxygen atoms in total. The number of alkyl halides is 1. The van der Waals surface area contributed by atoms with E-state index in [0.717, 1.165) is 108 Å². The molecule has 61 heavy (non-hydrogen) atoms. The number of hydrogen-bond acceptors (Lipinski definition) is 10. The Bertz CT molecular complexity index is 2520. The lowest BCUT2D eigenvalue weighted by molar-refractivity contribution is 0.0831. The first-order chi connectivity index (χ1) is 29.7. The van der Waals surface area contributed by atoms with E-state index >= 15 is 0 Å². The predicted molar refractivity (Wildman–Crippen MR) is 237 cm³/mol. The van der Waals surface area contributed by atoms with Crippen LogP contribution in [0.4, 0.5) is 0 Å². The Morgan fingerprint density at radius 3 is 1.66 bits per heavy atom. The van der Waals surface area contributed by atoms with Crippen LogP contribution in [-0.2, 0) is 21.9 Å². The minimum atomic E-state index is -0.102. The molecule has 0 spiro atoms. The van der Waals surface area contributed by atoms with Gasteiger partial charge in [-0.1, -0.05) is 62.4 Å². The molecule has 0 bridgehead atoms. The van der Waals surface area contributed by atoms with E-state index in [-0.39, 0.29) is 23.0 Å². The second-order valence-corrected chi connectivity index (χ2v) is 17.6. The fraction of sp³-hybridized carbons (Fsp3) is 0.522. The van der Waals surface area contributed by atoms with Gasteiger partial charge >= 0.3 is 0 Å². The van der Waals surface area contributed by atoms with Gasteiger partial charge in [-0.3, -0.25) is 14.5 Å². The molecule has 6 aromatic rings. The number of nitrogens with one attached hydrogen (secondary N) is 3. The van der Waals surface area contributed by atoms with Crippen LogP contribution in [0.15, 0.2) is 70.5 Å². The van der Waals surface area contributed by atoms with Gasteiger partial charge < -0.3 is 24.8 Å². The first-order valence-corrected chi connectivity index (χ1v) is 22.4. The number of H-pyrrole nitrogens is 2. The maximum absolute atomic E-state index is 12.8. The average Bonchev–Trinajstić information content (AvgIpc) is 4.09. The van der Waals surface area contributed by atoms with Crippen molar-refractivity contribution in [3.05, 3.63) is 127 Å². The summed E-state index contributed by atoms with van der Waals surface area (Å²) in [6.07, 6.45) is 7.01. The number of halogens is 1. The summed E-state index contributed by atoms with van der Waals surface area (Å²) in [5.41, 5.74) is 6.03. The molecule has 4 unspecified atom stereocenters. The zero-order valence-corrected chi connectivity index (χ0v) is 36.5. The van der Waals surface area contributed by atoms with E-state index in [1.807, 2.05) is 18.2 Å². The fourth-order valence-electron chi connectivity index (χ4n) is 9.18. The summed E-state index contributed by atoms with van der Waals surface area (Å²) in [5, 5.41) is 13.0. The van der Waals surface area contributed by atoms with Crippen molar-refractivity contribution >= 4 is 22.6 Å². The Hall–Kier alpha value is -4.73. The lowest BCUT2D eigenvalue weighted by Crippen LogP contribution is -2.24. The Labute approximate surface area is 361 Å². The van der Waals surface area contributed by atoms with Crippen molar-refractivity contribution in [3.63, 3.8) is 0 Å². The molecule has 8 heterocycles. The molecular weight excluding hydrogens is 792 g/mol. The van der Waals surface area contributed by atoms with E-state index in [9.17, 15) is 9.59 Å². The van der Waals surface area contributed by atoms with Gasteiger partial charge in [-0.25, -0.2) is 19.0 Å². The van der Waals surface area contributed by atoms with Crippen molar-refractivity contribution in [1.29, 1.82) is 0 Å². The molecule has 324 valence electrons. The van der Waals surface area contributed by atoms with Crippen LogP contribution in [0.1, 0.15) is 109 Å². The zero-order valence-electron chi connectivity index (χ0n) is 35.8. The molecule has 0 aliphatic carbocycles. The molecule has 4 aliphatic rings. The van der Waals surface area contributed by atoms with Crippen LogP contribution in [0, 0.1) is 25.7 Å². The van der Waals surface area contributed by atoms with Gasteiger partial charge in [0.15, 0.2) is 11.0 Å². The molecule has 4 atom stereocenters. The van der Waals surface area contributed by atoms with Gasteiger partial charge in [0.1, 0.15) is 23.3 Å². The number of nitrogens with zero attached hydrogens (tertiary/aromatic N) is 7. The zero-order chi connectivity index (χ0) is 42.5. The second kappa shape index (κ2) is 19.5. The minimum Gasteiger partial charge on any atom is -0.381 e. The summed E-state index contributed by atoms with van der Waals surface area (Å²) in [6.45, 7) is 16.3. The van der Waals surface area contributed by atoms with E-state index in [4.69, 9.17) is 31.3 Å². The van der Waals surface area contributed by atoms with Crippen molar-refractivity contribution in [3.8, 4) is 0 Å². The Morgan fingerprint density at radius 2 is 1.18 bits per heavy atom. The van der Waals surface area contributed by atoms with Gasteiger partial charge in [0.2, 0.25) is 0 Å². The van der Waals surface area contributed by atoms with Gasteiger partial charge in [0, 0.05) is 82.2 Å². The highest BCUT2D eigenvalue weighted by Crippen LogP contribution is 2.32. The van der Waals surface area contributed by atoms with Crippen molar-refractivity contribution in [2.75, 3.05) is 52.6 Å². The number of hydrogen-bond donors (Lipinski definition) is 3. The number of benzene rings is 2. The van der Waals surface area contributed by atoms with Crippen LogP contribution in [0.2, 0.25) is 0 Å². The van der Waals surface area contributed by atoms with Crippen LogP contribution in [0.3, 0.4) is 0 Å². The predicted octanol–water partition coefficient (Wildman–Crippen LogP) is 6.22. The van der Waals surface area contributed by atoms with Crippen LogP contribution < -0.4 is 16.4 Å². The molecule has 0 amide bonds. The van der Waals surface area contributed by atoms with Crippen LogP contribution in [0.25, 0.3) is 11.0 Å². The molecule has 3 N–H and O–H groups in total. The Morgan fingerprint density at radius 1 is 0.672 bits per heavy atom. The van der Waals surface area contributed by atoms with Gasteiger partial charge in [-0.2, -0.15) is 10.2 Å². The number of aryl methyl sites for hydroxylation is 2. The fourth-order valence-corrected chi connectivity index (χ4v) is 9.48. The minimum absolute atomic E-state index is 0.102. The molecular formula is C46H59ClN10O4. The first-order valence-electron chi connectivity index (χ1n) is 21.9. The lowest BCUT2D eigenvalue weighted by atomic mass is 9.97. The number of rotatable bonds is 7. The summed E-state index contributed by atoms with van der Waals surface area (Å²) in [6, 6.07) is 16.7. The van der Waals surface area contributed by atoms with E-state index in [0.29, 0.717) is 40.6 Å². The normalized spacial score (nSPS) is 22.6. The summed E-state index contributed by atoms with van der Waals surface area (Å²) in [7, 11) is 0. The van der Waals surface area contributed by atoms with E-state index in [1.165, 1.54) is 22.3 Å². The SMILES string of the molecule is CC1CNCC1c1nn2c(C3CCOCC3)ncc2c(=O)[nH]1.Cc1ccccc1CCl.Cc1ccccc1CN1CC(C)C(c2nn3c(C4CCOCC4)ncc3c(=O)[nH]2)C1. The number of aromatic amines is 2. The van der Waals surface area contributed by atoms with Crippen LogP contribution in [-0.4, -0.2) is 96.7 Å². The second-order valence-electron chi connectivity index (χ2n) is 17.3. The lowest BCUT2D eigenvalue weighted by Gasteiger charge is -2.21. The van der Waals surface area contributed by atoms with Gasteiger partial charge in [0.05, 0.1) is 12.4 Å². The van der Waals surface area contributed by atoms with Crippen molar-refractivity contribution in [2.45, 2.75) is 89.5 Å². The van der Waals surface area contributed by atoms with Crippen molar-refractivity contribution in [2.24, 2.45) is 11.8 Å². The smallest absolute Gasteiger partial charge is 0.276 e. The molecule has 0 radical (unpaired) electrons. The summed E-state index contributed by atoms with van der Waals surface area (Å²) >= 11 is 5.63. The van der Waals surface area contributed by atoms with Crippen molar-refractivity contribution < 1.29 is 9.47 Å². The first kappa shape index (κ1) is 42.9. The Kier molecular flexibility index (Phi) is 13.8. The van der Waals surface area contributed by atoms with E-state index in [2.05, 4.69) is 88.2 Å². The maximum atomic E-state index is 12.8. The number of aromatic nitrogens is 8. The average molecular weight is 851 g/mol. The topological polar surface area (TPSA) is 160 Å². The quantitative estimate of drug-likeness (QED) is 0.157. The van der Waals surface area contributed by atoms with Gasteiger partial charge in [-0.05, 0) is 80.2 Å².